The number of imidazole rings is 1. The summed E-state index contributed by atoms with van der Waals surface area (Å²) in [6.07, 6.45) is 15.5. The summed E-state index contributed by atoms with van der Waals surface area (Å²) < 4.78 is 16.2. The lowest BCUT2D eigenvalue weighted by Crippen LogP contribution is -2.13. The first kappa shape index (κ1) is 46.1. The molecule has 2 heterocycles. The van der Waals surface area contributed by atoms with Crippen molar-refractivity contribution < 1.29 is 9.47 Å². The molecule has 7 aromatic carbocycles. The van der Waals surface area contributed by atoms with Crippen LogP contribution in [0.1, 0.15) is 96.5 Å². The Morgan fingerprint density at radius 3 is 1.78 bits per heavy atom. The van der Waals surface area contributed by atoms with Crippen molar-refractivity contribution in [3.05, 3.63) is 150 Å². The Morgan fingerprint density at radius 2 is 1.09 bits per heavy atom. The number of hydrogen-bond donors (Lipinski definition) is 0. The van der Waals surface area contributed by atoms with E-state index in [1.54, 1.807) is 0 Å². The van der Waals surface area contributed by atoms with E-state index in [2.05, 4.69) is 126 Å². The molecule has 0 aliphatic heterocycles. The van der Waals surface area contributed by atoms with Gasteiger partial charge in [-0.3, -0.25) is 0 Å². The molecule has 6 nitrogen and oxygen atoms in total. The van der Waals surface area contributed by atoms with Crippen LogP contribution >= 0.6 is 15.9 Å². The molecule has 0 aliphatic carbocycles. The first-order valence-electron chi connectivity index (χ1n) is 24.8. The Bertz CT molecular complexity index is 3060. The zero-order chi connectivity index (χ0) is 46.0. The van der Waals surface area contributed by atoms with Crippen molar-refractivity contribution >= 4 is 59.5 Å². The summed E-state index contributed by atoms with van der Waals surface area (Å²) in [6.45, 7) is 8.52. The number of aryl methyl sites for hydroxylation is 1. The molecular formula is C60H63BrN4O2. The third-order valence-corrected chi connectivity index (χ3v) is 13.8. The van der Waals surface area contributed by atoms with Gasteiger partial charge in [0, 0.05) is 44.5 Å². The molecule has 342 valence electrons. The van der Waals surface area contributed by atoms with E-state index >= 15 is 0 Å². The minimum atomic E-state index is 0.386. The van der Waals surface area contributed by atoms with Gasteiger partial charge in [0.05, 0.1) is 33.5 Å². The van der Waals surface area contributed by atoms with Gasteiger partial charge in [0.25, 0.3) is 0 Å². The maximum atomic E-state index is 6.30. The highest BCUT2D eigenvalue weighted by Crippen LogP contribution is 2.40. The molecule has 0 spiro atoms. The third kappa shape index (κ3) is 10.9. The van der Waals surface area contributed by atoms with Crippen molar-refractivity contribution in [2.75, 3.05) is 13.2 Å². The highest BCUT2D eigenvalue weighted by atomic mass is 79.9. The van der Waals surface area contributed by atoms with Gasteiger partial charge < -0.3 is 14.0 Å². The normalized spacial score (nSPS) is 12.1. The number of fused-ring (bicyclic) bond motifs is 7. The van der Waals surface area contributed by atoms with Crippen molar-refractivity contribution in [2.45, 2.75) is 104 Å². The fraction of sp³-hybridized carbons (Fsp3) is 0.317. The number of benzene rings is 7. The standard InChI is InChI=1S/C60H63BrN4O2/c1-4-6-8-10-11-15-21-43(20-14-9-7-5-2)41-65-59-53-39-47(61)29-34-51(53)50-33-26-42(3)38-52(50)58(59)64-60(65)46-27-30-48(31-28-46)66-36-37-67-49-32-35-54-55(40-49)63-57(45-24-18-13-19-25-45)56(62-54)44-22-16-12-17-23-44/h12-13,16-19,22-35,38-40,43H,4-11,14-15,20-21,36-37,41H2,1-3H3. The van der Waals surface area contributed by atoms with Crippen LogP contribution in [-0.2, 0) is 6.54 Å². The number of hydrogen-bond acceptors (Lipinski definition) is 5. The van der Waals surface area contributed by atoms with E-state index in [0.717, 1.165) is 73.0 Å². The van der Waals surface area contributed by atoms with Gasteiger partial charge in [0.2, 0.25) is 0 Å². The number of aromatic nitrogens is 4. The molecule has 1 atom stereocenters. The lowest BCUT2D eigenvalue weighted by molar-refractivity contribution is 0.217. The Hall–Kier alpha value is -6.05. The fourth-order valence-electron chi connectivity index (χ4n) is 9.74. The maximum Gasteiger partial charge on any atom is 0.141 e. The van der Waals surface area contributed by atoms with Gasteiger partial charge in [-0.2, -0.15) is 0 Å². The first-order chi connectivity index (χ1) is 33.0. The van der Waals surface area contributed by atoms with E-state index in [9.17, 15) is 0 Å². The predicted octanol–water partition coefficient (Wildman–Crippen LogP) is 17.2. The molecule has 0 fully saturated rings. The van der Waals surface area contributed by atoms with Crippen LogP contribution in [-0.4, -0.2) is 32.7 Å². The molecule has 0 saturated carbocycles. The lowest BCUT2D eigenvalue weighted by Gasteiger charge is -2.21. The molecule has 67 heavy (non-hydrogen) atoms. The number of rotatable bonds is 22. The summed E-state index contributed by atoms with van der Waals surface area (Å²) in [4.78, 5) is 15.8. The van der Waals surface area contributed by atoms with Crippen LogP contribution in [0.4, 0.5) is 0 Å². The van der Waals surface area contributed by atoms with Crippen LogP contribution in [0.5, 0.6) is 11.5 Å². The first-order valence-corrected chi connectivity index (χ1v) is 25.6. The molecule has 0 radical (unpaired) electrons. The Kier molecular flexibility index (Phi) is 15.2. The summed E-state index contributed by atoms with van der Waals surface area (Å²) in [5.41, 5.74) is 10.0. The zero-order valence-corrected chi connectivity index (χ0v) is 41.0. The van der Waals surface area contributed by atoms with Gasteiger partial charge in [0.15, 0.2) is 0 Å². The molecule has 2 aromatic heterocycles. The molecule has 0 aliphatic rings. The maximum absolute atomic E-state index is 6.30. The Morgan fingerprint density at radius 1 is 0.507 bits per heavy atom. The van der Waals surface area contributed by atoms with Crippen LogP contribution < -0.4 is 9.47 Å². The minimum Gasteiger partial charge on any atom is -0.490 e. The van der Waals surface area contributed by atoms with Crippen LogP contribution in [0.3, 0.4) is 0 Å². The van der Waals surface area contributed by atoms with E-state index in [4.69, 9.17) is 24.4 Å². The molecule has 0 N–H and O–H groups in total. The smallest absolute Gasteiger partial charge is 0.141 e. The Labute approximate surface area is 404 Å². The van der Waals surface area contributed by atoms with Gasteiger partial charge in [-0.05, 0) is 91.1 Å². The van der Waals surface area contributed by atoms with Crippen molar-refractivity contribution in [3.63, 3.8) is 0 Å². The average Bonchev–Trinajstić information content (AvgIpc) is 3.74. The molecule has 0 amide bonds. The highest BCUT2D eigenvalue weighted by Gasteiger charge is 2.22. The Balaban J connectivity index is 0.968. The highest BCUT2D eigenvalue weighted by molar-refractivity contribution is 9.10. The largest absolute Gasteiger partial charge is 0.490 e. The number of halogens is 1. The van der Waals surface area contributed by atoms with Crippen LogP contribution in [0, 0.1) is 12.8 Å². The van der Waals surface area contributed by atoms with Gasteiger partial charge in [-0.25, -0.2) is 15.0 Å². The van der Waals surface area contributed by atoms with E-state index in [0.29, 0.717) is 19.1 Å². The predicted molar refractivity (Wildman–Crippen MR) is 284 cm³/mol. The van der Waals surface area contributed by atoms with Crippen LogP contribution in [0.2, 0.25) is 0 Å². The van der Waals surface area contributed by atoms with Crippen molar-refractivity contribution in [1.29, 1.82) is 0 Å². The number of nitrogens with zero attached hydrogens (tertiary/aromatic N) is 4. The van der Waals surface area contributed by atoms with Gasteiger partial charge in [-0.1, -0.05) is 178 Å². The summed E-state index contributed by atoms with van der Waals surface area (Å²) in [6, 6.07) is 48.5. The molecule has 9 rings (SSSR count). The summed E-state index contributed by atoms with van der Waals surface area (Å²) in [5, 5.41) is 4.98. The molecule has 0 saturated heterocycles. The summed E-state index contributed by atoms with van der Waals surface area (Å²) in [5.74, 6) is 3.12. The van der Waals surface area contributed by atoms with Crippen LogP contribution in [0.25, 0.3) is 77.5 Å². The molecule has 1 unspecified atom stereocenters. The van der Waals surface area contributed by atoms with Gasteiger partial charge >= 0.3 is 0 Å². The number of ether oxygens (including phenoxy) is 2. The van der Waals surface area contributed by atoms with Gasteiger partial charge in [-0.15, -0.1) is 0 Å². The SMILES string of the molecule is CCCCCCCCC(CCCCCC)Cn1c(-c2ccc(OCCOc3ccc4nc(-c5ccccc5)c(-c5ccccc5)nc4c3)cc2)nc2c3cc(C)ccc3c3ccc(Br)cc3c21. The summed E-state index contributed by atoms with van der Waals surface area (Å²) in [7, 11) is 0. The van der Waals surface area contributed by atoms with Crippen molar-refractivity contribution in [2.24, 2.45) is 5.92 Å². The minimum absolute atomic E-state index is 0.386. The molecule has 9 aromatic rings. The molecular weight excluding hydrogens is 889 g/mol. The topological polar surface area (TPSA) is 62.1 Å². The molecule has 7 heteroatoms. The number of unbranched alkanes of at least 4 members (excludes halogenated alkanes) is 8. The molecule has 0 bridgehead atoms. The lowest BCUT2D eigenvalue weighted by atomic mass is 9.93. The quantitative estimate of drug-likeness (QED) is 0.0500. The fourth-order valence-corrected chi connectivity index (χ4v) is 10.1. The second-order valence-electron chi connectivity index (χ2n) is 18.3. The van der Waals surface area contributed by atoms with Gasteiger partial charge in [0.1, 0.15) is 30.5 Å². The third-order valence-electron chi connectivity index (χ3n) is 13.3. The van der Waals surface area contributed by atoms with Crippen molar-refractivity contribution in [1.82, 2.24) is 19.5 Å². The van der Waals surface area contributed by atoms with Crippen LogP contribution in [0.15, 0.2) is 144 Å². The van der Waals surface area contributed by atoms with Crippen molar-refractivity contribution in [3.8, 4) is 45.4 Å². The van der Waals surface area contributed by atoms with E-state index in [-0.39, 0.29) is 0 Å². The summed E-state index contributed by atoms with van der Waals surface area (Å²) >= 11 is 3.85. The zero-order valence-electron chi connectivity index (χ0n) is 39.4. The average molecular weight is 952 g/mol. The van der Waals surface area contributed by atoms with E-state index in [1.165, 1.54) is 110 Å². The van der Waals surface area contributed by atoms with E-state index in [1.807, 2.05) is 54.6 Å². The second kappa shape index (κ2) is 22.2. The second-order valence-corrected chi connectivity index (χ2v) is 19.2. The van der Waals surface area contributed by atoms with E-state index < -0.39 is 0 Å². The monoisotopic (exact) mass is 950 g/mol.